The van der Waals surface area contributed by atoms with Crippen LogP contribution in [0.25, 0.3) is 0 Å². The molecule has 0 bridgehead atoms. The van der Waals surface area contributed by atoms with E-state index in [2.05, 4.69) is 44.8 Å². The highest BCUT2D eigenvalue weighted by atomic mass is 15.3. The van der Waals surface area contributed by atoms with E-state index in [-0.39, 0.29) is 0 Å². The smallest absolute Gasteiger partial charge is 0.0244 e. The molecule has 1 saturated carbocycles. The Balaban J connectivity index is 1.99. The molecule has 0 aromatic carbocycles. The van der Waals surface area contributed by atoms with Gasteiger partial charge >= 0.3 is 0 Å². The third-order valence-corrected chi connectivity index (χ3v) is 4.80. The summed E-state index contributed by atoms with van der Waals surface area (Å²) in [5.74, 6) is 0.959. The Kier molecular flexibility index (Phi) is 3.84. The summed E-state index contributed by atoms with van der Waals surface area (Å²) in [5, 5.41) is 3.76. The lowest BCUT2D eigenvalue weighted by atomic mass is 9.77. The summed E-state index contributed by atoms with van der Waals surface area (Å²) in [6, 6.07) is 2.30. The van der Waals surface area contributed by atoms with Crippen molar-refractivity contribution < 1.29 is 0 Å². The minimum atomic E-state index is 0.381. The minimum absolute atomic E-state index is 0.381. The zero-order chi connectivity index (χ0) is 12.6. The maximum absolute atomic E-state index is 3.76. The number of nitrogens with zero attached hydrogens (tertiary/aromatic N) is 1. The lowest BCUT2D eigenvalue weighted by Gasteiger charge is -2.52. The molecule has 100 valence electrons. The molecular weight excluding hydrogens is 208 g/mol. The molecule has 1 aliphatic heterocycles. The summed E-state index contributed by atoms with van der Waals surface area (Å²) < 4.78 is 0. The zero-order valence-corrected chi connectivity index (χ0v) is 12.3. The molecule has 2 heteroatoms. The number of hydrogen-bond donors (Lipinski definition) is 1. The number of hydrogen-bond acceptors (Lipinski definition) is 2. The topological polar surface area (TPSA) is 15.3 Å². The molecule has 0 aromatic heterocycles. The van der Waals surface area contributed by atoms with Crippen LogP contribution in [-0.2, 0) is 0 Å². The van der Waals surface area contributed by atoms with Gasteiger partial charge in [0.05, 0.1) is 0 Å². The van der Waals surface area contributed by atoms with Crippen molar-refractivity contribution in [3.63, 3.8) is 0 Å². The van der Waals surface area contributed by atoms with E-state index in [0.29, 0.717) is 11.5 Å². The van der Waals surface area contributed by atoms with Crippen molar-refractivity contribution in [2.75, 3.05) is 13.1 Å². The second-order valence-corrected chi connectivity index (χ2v) is 7.32. The predicted molar refractivity (Wildman–Crippen MR) is 74.2 cm³/mol. The maximum Gasteiger partial charge on any atom is 0.0244 e. The van der Waals surface area contributed by atoms with Crippen LogP contribution in [0.2, 0.25) is 0 Å². The van der Waals surface area contributed by atoms with Crippen LogP contribution < -0.4 is 5.32 Å². The Morgan fingerprint density at radius 3 is 2.35 bits per heavy atom. The van der Waals surface area contributed by atoms with Crippen LogP contribution >= 0.6 is 0 Å². The molecule has 2 atom stereocenters. The van der Waals surface area contributed by atoms with Gasteiger partial charge in [0.2, 0.25) is 0 Å². The number of nitrogens with one attached hydrogen (secondary N) is 1. The molecule has 1 N–H and O–H groups in total. The molecule has 2 rings (SSSR count). The van der Waals surface area contributed by atoms with Gasteiger partial charge in [-0.3, -0.25) is 4.90 Å². The first-order chi connectivity index (χ1) is 7.91. The Bertz CT molecular complexity index is 250. The zero-order valence-electron chi connectivity index (χ0n) is 12.3. The van der Waals surface area contributed by atoms with Crippen molar-refractivity contribution in [2.45, 2.75) is 72.0 Å². The van der Waals surface area contributed by atoms with Crippen LogP contribution in [0, 0.1) is 11.3 Å². The van der Waals surface area contributed by atoms with Gasteiger partial charge < -0.3 is 5.32 Å². The lowest BCUT2D eigenvalue weighted by molar-refractivity contribution is -0.000954. The van der Waals surface area contributed by atoms with Gasteiger partial charge in [0.1, 0.15) is 0 Å². The number of rotatable bonds is 2. The van der Waals surface area contributed by atoms with Gasteiger partial charge in [-0.1, -0.05) is 34.6 Å². The normalized spacial score (nSPS) is 40.1. The lowest BCUT2D eigenvalue weighted by Crippen LogP contribution is -2.64. The van der Waals surface area contributed by atoms with Gasteiger partial charge in [-0.05, 0) is 30.6 Å². The molecule has 2 fully saturated rings. The van der Waals surface area contributed by atoms with Gasteiger partial charge in [-0.2, -0.15) is 0 Å². The average Bonchev–Trinajstić information content (AvgIpc) is 2.22. The van der Waals surface area contributed by atoms with Crippen molar-refractivity contribution in [1.29, 1.82) is 0 Å². The fourth-order valence-electron chi connectivity index (χ4n) is 3.36. The fraction of sp³-hybridized carbons (Fsp3) is 1.00. The number of piperazine rings is 1. The molecule has 0 amide bonds. The van der Waals surface area contributed by atoms with Gasteiger partial charge in [-0.25, -0.2) is 0 Å². The summed E-state index contributed by atoms with van der Waals surface area (Å²) >= 11 is 0. The fourth-order valence-corrected chi connectivity index (χ4v) is 3.36. The molecule has 2 aliphatic rings. The SMILES string of the molecule is CCC1CNC(C(C)(C)C)CN1C1CC(C)C1. The van der Waals surface area contributed by atoms with Gasteiger partial charge in [-0.15, -0.1) is 0 Å². The van der Waals surface area contributed by atoms with Gasteiger partial charge in [0.25, 0.3) is 0 Å². The second-order valence-electron chi connectivity index (χ2n) is 7.32. The van der Waals surface area contributed by atoms with E-state index in [0.717, 1.165) is 18.0 Å². The van der Waals surface area contributed by atoms with E-state index in [1.807, 2.05) is 0 Å². The van der Waals surface area contributed by atoms with Crippen LogP contribution in [0.1, 0.15) is 53.9 Å². The van der Waals surface area contributed by atoms with Crippen LogP contribution in [0.4, 0.5) is 0 Å². The van der Waals surface area contributed by atoms with Crippen LogP contribution in [0.15, 0.2) is 0 Å². The summed E-state index contributed by atoms with van der Waals surface area (Å²) in [6.45, 7) is 14.2. The summed E-state index contributed by atoms with van der Waals surface area (Å²) in [6.07, 6.45) is 4.13. The molecule has 2 unspecified atom stereocenters. The molecular formula is C15H30N2. The first-order valence-electron chi connectivity index (χ1n) is 7.41. The molecule has 2 nitrogen and oxygen atoms in total. The molecule has 1 aliphatic carbocycles. The Morgan fingerprint density at radius 2 is 1.88 bits per heavy atom. The van der Waals surface area contributed by atoms with Crippen molar-refractivity contribution in [3.05, 3.63) is 0 Å². The van der Waals surface area contributed by atoms with Gasteiger partial charge in [0.15, 0.2) is 0 Å². The molecule has 0 aromatic rings. The largest absolute Gasteiger partial charge is 0.311 e. The van der Waals surface area contributed by atoms with E-state index in [1.165, 1.54) is 32.4 Å². The van der Waals surface area contributed by atoms with Crippen LogP contribution in [-0.4, -0.2) is 36.1 Å². The molecule has 1 heterocycles. The van der Waals surface area contributed by atoms with Crippen molar-refractivity contribution in [3.8, 4) is 0 Å². The molecule has 17 heavy (non-hydrogen) atoms. The van der Waals surface area contributed by atoms with Crippen molar-refractivity contribution in [2.24, 2.45) is 11.3 Å². The standard InChI is InChI=1S/C15H30N2/c1-6-12-9-16-14(15(3,4)5)10-17(12)13-7-11(2)8-13/h11-14,16H,6-10H2,1-5H3. The highest BCUT2D eigenvalue weighted by molar-refractivity contribution is 4.97. The minimum Gasteiger partial charge on any atom is -0.311 e. The van der Waals surface area contributed by atoms with E-state index in [4.69, 9.17) is 0 Å². The van der Waals surface area contributed by atoms with E-state index in [1.54, 1.807) is 0 Å². The predicted octanol–water partition coefficient (Wildman–Crippen LogP) is 2.88. The third-order valence-electron chi connectivity index (χ3n) is 4.80. The first kappa shape index (κ1) is 13.4. The monoisotopic (exact) mass is 238 g/mol. The summed E-state index contributed by atoms with van der Waals surface area (Å²) in [5.41, 5.74) is 0.381. The van der Waals surface area contributed by atoms with Crippen molar-refractivity contribution in [1.82, 2.24) is 10.2 Å². The Hall–Kier alpha value is -0.0800. The quantitative estimate of drug-likeness (QED) is 0.796. The third kappa shape index (κ3) is 2.85. The highest BCUT2D eigenvalue weighted by Crippen LogP contribution is 2.35. The van der Waals surface area contributed by atoms with E-state index in [9.17, 15) is 0 Å². The van der Waals surface area contributed by atoms with Crippen LogP contribution in [0.3, 0.4) is 0 Å². The van der Waals surface area contributed by atoms with Gasteiger partial charge in [0, 0.05) is 31.2 Å². The first-order valence-corrected chi connectivity index (χ1v) is 7.41. The Labute approximate surface area is 107 Å². The van der Waals surface area contributed by atoms with Crippen molar-refractivity contribution >= 4 is 0 Å². The molecule has 1 saturated heterocycles. The summed E-state index contributed by atoms with van der Waals surface area (Å²) in [4.78, 5) is 2.81. The van der Waals surface area contributed by atoms with E-state index < -0.39 is 0 Å². The van der Waals surface area contributed by atoms with Crippen LogP contribution in [0.5, 0.6) is 0 Å². The summed E-state index contributed by atoms with van der Waals surface area (Å²) in [7, 11) is 0. The highest BCUT2D eigenvalue weighted by Gasteiger charge is 2.40. The average molecular weight is 238 g/mol. The van der Waals surface area contributed by atoms with E-state index >= 15 is 0 Å². The Morgan fingerprint density at radius 1 is 1.24 bits per heavy atom. The molecule has 0 spiro atoms. The second kappa shape index (κ2) is 4.89. The molecule has 0 radical (unpaired) electrons. The maximum atomic E-state index is 3.76.